The Labute approximate surface area is 121 Å². The van der Waals surface area contributed by atoms with E-state index in [1.165, 1.54) is 12.8 Å². The van der Waals surface area contributed by atoms with Crippen molar-refractivity contribution in [2.75, 3.05) is 0 Å². The standard InChI is InChI=1S/C13H17N5OS/c19-13(8-11-6-3-7-20-11)14-9-12-15-16-17-18(12)10-4-1-2-5-10/h3,6-7,10H,1-2,4-5,8-9H2,(H,14,19). The van der Waals surface area contributed by atoms with E-state index in [0.717, 1.165) is 23.5 Å². The van der Waals surface area contributed by atoms with Gasteiger partial charge in [0, 0.05) is 4.88 Å². The van der Waals surface area contributed by atoms with Crippen molar-refractivity contribution in [3.8, 4) is 0 Å². The summed E-state index contributed by atoms with van der Waals surface area (Å²) in [5, 5.41) is 16.7. The van der Waals surface area contributed by atoms with Gasteiger partial charge in [0.1, 0.15) is 0 Å². The van der Waals surface area contributed by atoms with Crippen LogP contribution in [0.25, 0.3) is 0 Å². The zero-order valence-corrected chi connectivity index (χ0v) is 12.0. The lowest BCUT2D eigenvalue weighted by Crippen LogP contribution is -2.26. The highest BCUT2D eigenvalue weighted by atomic mass is 32.1. The van der Waals surface area contributed by atoms with Gasteiger partial charge in [-0.25, -0.2) is 4.68 Å². The van der Waals surface area contributed by atoms with E-state index in [0.29, 0.717) is 19.0 Å². The van der Waals surface area contributed by atoms with Crippen molar-refractivity contribution in [1.82, 2.24) is 25.5 Å². The molecule has 1 fully saturated rings. The lowest BCUT2D eigenvalue weighted by molar-refractivity contribution is -0.120. The second-order valence-corrected chi connectivity index (χ2v) is 6.04. The molecule has 20 heavy (non-hydrogen) atoms. The normalized spacial score (nSPS) is 15.6. The molecular weight excluding hydrogens is 274 g/mol. The SMILES string of the molecule is O=C(Cc1cccs1)NCc1nnnn1C1CCCC1. The Morgan fingerprint density at radius 3 is 3.05 bits per heavy atom. The maximum atomic E-state index is 11.9. The molecule has 1 aliphatic rings. The summed E-state index contributed by atoms with van der Waals surface area (Å²) in [7, 11) is 0. The predicted octanol–water partition coefficient (Wildman–Crippen LogP) is 1.71. The topological polar surface area (TPSA) is 72.7 Å². The van der Waals surface area contributed by atoms with Gasteiger partial charge in [-0.05, 0) is 34.7 Å². The van der Waals surface area contributed by atoms with Crippen LogP contribution in [0, 0.1) is 0 Å². The molecule has 1 amide bonds. The highest BCUT2D eigenvalue weighted by Gasteiger charge is 2.21. The van der Waals surface area contributed by atoms with Gasteiger partial charge in [-0.15, -0.1) is 16.4 Å². The van der Waals surface area contributed by atoms with Gasteiger partial charge in [0.25, 0.3) is 0 Å². The largest absolute Gasteiger partial charge is 0.348 e. The molecule has 2 heterocycles. The van der Waals surface area contributed by atoms with Crippen molar-refractivity contribution in [2.24, 2.45) is 0 Å². The second-order valence-electron chi connectivity index (χ2n) is 5.01. The minimum Gasteiger partial charge on any atom is -0.348 e. The lowest BCUT2D eigenvalue weighted by atomic mass is 10.2. The summed E-state index contributed by atoms with van der Waals surface area (Å²) < 4.78 is 1.87. The first-order valence-electron chi connectivity index (χ1n) is 6.89. The average molecular weight is 291 g/mol. The Morgan fingerprint density at radius 1 is 1.45 bits per heavy atom. The molecule has 6 nitrogen and oxygen atoms in total. The minimum atomic E-state index is 0.00780. The highest BCUT2D eigenvalue weighted by molar-refractivity contribution is 7.10. The van der Waals surface area contributed by atoms with E-state index < -0.39 is 0 Å². The van der Waals surface area contributed by atoms with E-state index in [-0.39, 0.29) is 5.91 Å². The zero-order chi connectivity index (χ0) is 13.8. The third-order valence-electron chi connectivity index (χ3n) is 3.59. The number of tetrazole rings is 1. The van der Waals surface area contributed by atoms with Crippen LogP contribution in [0.5, 0.6) is 0 Å². The molecule has 7 heteroatoms. The Balaban J connectivity index is 1.55. The van der Waals surface area contributed by atoms with Crippen LogP contribution in [0.2, 0.25) is 0 Å². The molecule has 0 bridgehead atoms. The fraction of sp³-hybridized carbons (Fsp3) is 0.538. The van der Waals surface area contributed by atoms with Crippen molar-refractivity contribution >= 4 is 17.2 Å². The van der Waals surface area contributed by atoms with Crippen molar-refractivity contribution in [3.63, 3.8) is 0 Å². The van der Waals surface area contributed by atoms with Crippen LogP contribution in [-0.4, -0.2) is 26.1 Å². The molecule has 0 aromatic carbocycles. The molecule has 2 aromatic rings. The summed E-state index contributed by atoms with van der Waals surface area (Å²) >= 11 is 1.59. The minimum absolute atomic E-state index is 0.00780. The van der Waals surface area contributed by atoms with E-state index >= 15 is 0 Å². The fourth-order valence-corrected chi connectivity index (χ4v) is 3.28. The molecule has 0 saturated heterocycles. The first-order chi connectivity index (χ1) is 9.83. The number of hydrogen-bond acceptors (Lipinski definition) is 5. The van der Waals surface area contributed by atoms with Gasteiger partial charge >= 0.3 is 0 Å². The predicted molar refractivity (Wildman–Crippen MR) is 75.2 cm³/mol. The Hall–Kier alpha value is -1.76. The number of aromatic nitrogens is 4. The molecule has 1 saturated carbocycles. The van der Waals surface area contributed by atoms with Crippen LogP contribution < -0.4 is 5.32 Å². The van der Waals surface area contributed by atoms with Crippen LogP contribution in [0.3, 0.4) is 0 Å². The number of carbonyl (C=O) groups is 1. The number of carbonyl (C=O) groups excluding carboxylic acids is 1. The Kier molecular flexibility index (Phi) is 4.05. The van der Waals surface area contributed by atoms with Crippen LogP contribution in [-0.2, 0) is 17.8 Å². The van der Waals surface area contributed by atoms with E-state index in [9.17, 15) is 4.79 Å². The van der Waals surface area contributed by atoms with Crippen LogP contribution in [0.4, 0.5) is 0 Å². The summed E-state index contributed by atoms with van der Waals surface area (Å²) in [6, 6.07) is 4.31. The first-order valence-corrected chi connectivity index (χ1v) is 7.77. The Morgan fingerprint density at radius 2 is 2.30 bits per heavy atom. The van der Waals surface area contributed by atoms with E-state index in [1.54, 1.807) is 11.3 Å². The molecule has 0 spiro atoms. The molecular formula is C13H17N5OS. The van der Waals surface area contributed by atoms with Gasteiger partial charge in [0.15, 0.2) is 5.82 Å². The number of rotatable bonds is 5. The summed E-state index contributed by atoms with van der Waals surface area (Å²) in [4.78, 5) is 12.9. The molecule has 106 valence electrons. The number of nitrogens with one attached hydrogen (secondary N) is 1. The van der Waals surface area contributed by atoms with E-state index in [1.807, 2.05) is 22.2 Å². The summed E-state index contributed by atoms with van der Waals surface area (Å²) in [6.45, 7) is 0.397. The van der Waals surface area contributed by atoms with E-state index in [4.69, 9.17) is 0 Å². The summed E-state index contributed by atoms with van der Waals surface area (Å²) in [5.41, 5.74) is 0. The van der Waals surface area contributed by atoms with Crippen molar-refractivity contribution in [2.45, 2.75) is 44.7 Å². The van der Waals surface area contributed by atoms with Crippen LogP contribution in [0.15, 0.2) is 17.5 Å². The Bertz CT molecular complexity index is 559. The van der Waals surface area contributed by atoms with Gasteiger partial charge in [0.05, 0.1) is 19.0 Å². The zero-order valence-electron chi connectivity index (χ0n) is 11.2. The summed E-state index contributed by atoms with van der Waals surface area (Å²) in [5.74, 6) is 0.754. The van der Waals surface area contributed by atoms with Gasteiger partial charge in [-0.1, -0.05) is 18.9 Å². The maximum absolute atomic E-state index is 11.9. The van der Waals surface area contributed by atoms with Gasteiger partial charge in [-0.3, -0.25) is 4.79 Å². The number of nitrogens with zero attached hydrogens (tertiary/aromatic N) is 4. The molecule has 3 rings (SSSR count). The highest BCUT2D eigenvalue weighted by Crippen LogP contribution is 2.28. The lowest BCUT2D eigenvalue weighted by Gasteiger charge is -2.11. The maximum Gasteiger partial charge on any atom is 0.225 e. The monoisotopic (exact) mass is 291 g/mol. The molecule has 0 radical (unpaired) electrons. The van der Waals surface area contributed by atoms with Crippen molar-refractivity contribution in [3.05, 3.63) is 28.2 Å². The molecule has 0 unspecified atom stereocenters. The number of hydrogen-bond donors (Lipinski definition) is 1. The van der Waals surface area contributed by atoms with Gasteiger partial charge in [0.2, 0.25) is 5.91 Å². The molecule has 1 N–H and O–H groups in total. The third-order valence-corrected chi connectivity index (χ3v) is 4.47. The van der Waals surface area contributed by atoms with E-state index in [2.05, 4.69) is 20.8 Å². The van der Waals surface area contributed by atoms with Crippen LogP contribution in [0.1, 0.15) is 42.4 Å². The smallest absolute Gasteiger partial charge is 0.225 e. The van der Waals surface area contributed by atoms with Crippen molar-refractivity contribution in [1.29, 1.82) is 0 Å². The molecule has 2 aromatic heterocycles. The molecule has 0 atom stereocenters. The fourth-order valence-electron chi connectivity index (χ4n) is 2.57. The second kappa shape index (κ2) is 6.13. The first kappa shape index (κ1) is 13.2. The third kappa shape index (κ3) is 3.04. The van der Waals surface area contributed by atoms with Gasteiger partial charge < -0.3 is 5.32 Å². The van der Waals surface area contributed by atoms with Crippen LogP contribution >= 0.6 is 11.3 Å². The summed E-state index contributed by atoms with van der Waals surface area (Å²) in [6.07, 6.45) is 5.13. The number of thiophene rings is 1. The molecule has 0 aliphatic heterocycles. The molecule has 1 aliphatic carbocycles. The van der Waals surface area contributed by atoms with Gasteiger partial charge in [-0.2, -0.15) is 0 Å². The average Bonchev–Trinajstić information content (AvgIpc) is 3.18. The van der Waals surface area contributed by atoms with Crippen molar-refractivity contribution < 1.29 is 4.79 Å². The quantitative estimate of drug-likeness (QED) is 0.910. The number of amides is 1.